The SMILES string of the molecule is COC(c1ccc(-c2ccc(Cl)cc2)cc1)C(C)[N+](=O)[O-]. The topological polar surface area (TPSA) is 52.4 Å². The fraction of sp³-hybridized carbons (Fsp3) is 0.250. The first-order valence-electron chi connectivity index (χ1n) is 6.55. The number of hydrogen-bond acceptors (Lipinski definition) is 3. The first-order chi connectivity index (χ1) is 10.0. The fourth-order valence-electron chi connectivity index (χ4n) is 2.23. The van der Waals surface area contributed by atoms with Crippen molar-refractivity contribution in [1.29, 1.82) is 0 Å². The molecular formula is C16H16ClNO3. The van der Waals surface area contributed by atoms with E-state index >= 15 is 0 Å². The van der Waals surface area contributed by atoms with Gasteiger partial charge in [-0.25, -0.2) is 0 Å². The molecule has 0 saturated carbocycles. The first-order valence-corrected chi connectivity index (χ1v) is 6.93. The molecule has 5 heteroatoms. The van der Waals surface area contributed by atoms with E-state index in [4.69, 9.17) is 16.3 Å². The zero-order chi connectivity index (χ0) is 15.4. The molecule has 0 bridgehead atoms. The van der Waals surface area contributed by atoms with Crippen LogP contribution in [-0.2, 0) is 4.74 Å². The molecule has 0 amide bonds. The molecule has 0 saturated heterocycles. The number of nitrogens with zero attached hydrogens (tertiary/aromatic N) is 1. The maximum Gasteiger partial charge on any atom is 0.240 e. The normalized spacial score (nSPS) is 13.7. The summed E-state index contributed by atoms with van der Waals surface area (Å²) in [6.45, 7) is 1.54. The highest BCUT2D eigenvalue weighted by Crippen LogP contribution is 2.26. The van der Waals surface area contributed by atoms with E-state index in [-0.39, 0.29) is 4.92 Å². The average Bonchev–Trinajstić information content (AvgIpc) is 2.49. The molecule has 4 nitrogen and oxygen atoms in total. The van der Waals surface area contributed by atoms with Crippen LogP contribution in [-0.4, -0.2) is 18.1 Å². The minimum absolute atomic E-state index is 0.332. The Morgan fingerprint density at radius 3 is 1.95 bits per heavy atom. The molecule has 0 heterocycles. The summed E-state index contributed by atoms with van der Waals surface area (Å²) in [5.74, 6) is 0. The van der Waals surface area contributed by atoms with Crippen LogP contribution in [0.25, 0.3) is 11.1 Å². The molecule has 2 aromatic rings. The maximum atomic E-state index is 10.9. The third-order valence-corrected chi connectivity index (χ3v) is 3.69. The molecule has 0 radical (unpaired) electrons. The second-order valence-electron chi connectivity index (χ2n) is 4.81. The number of ether oxygens (including phenoxy) is 1. The summed E-state index contributed by atoms with van der Waals surface area (Å²) >= 11 is 5.87. The number of halogens is 1. The Labute approximate surface area is 128 Å². The van der Waals surface area contributed by atoms with Crippen molar-refractivity contribution in [1.82, 2.24) is 0 Å². The number of benzene rings is 2. The van der Waals surface area contributed by atoms with Crippen molar-refractivity contribution in [2.24, 2.45) is 0 Å². The molecule has 0 aliphatic heterocycles. The summed E-state index contributed by atoms with van der Waals surface area (Å²) in [7, 11) is 1.48. The molecule has 2 rings (SSSR count). The molecule has 110 valence electrons. The molecule has 0 aromatic heterocycles. The molecule has 0 aliphatic carbocycles. The van der Waals surface area contributed by atoms with Gasteiger partial charge in [0.05, 0.1) is 0 Å². The van der Waals surface area contributed by atoms with Crippen molar-refractivity contribution >= 4 is 11.6 Å². The average molecular weight is 306 g/mol. The van der Waals surface area contributed by atoms with Crippen LogP contribution in [0.1, 0.15) is 18.6 Å². The molecule has 0 spiro atoms. The highest BCUT2D eigenvalue weighted by molar-refractivity contribution is 6.30. The summed E-state index contributed by atoms with van der Waals surface area (Å²) < 4.78 is 5.26. The smallest absolute Gasteiger partial charge is 0.240 e. The van der Waals surface area contributed by atoms with E-state index in [9.17, 15) is 10.1 Å². The van der Waals surface area contributed by atoms with Crippen molar-refractivity contribution < 1.29 is 9.66 Å². The highest BCUT2D eigenvalue weighted by Gasteiger charge is 2.27. The van der Waals surface area contributed by atoms with Crippen molar-refractivity contribution in [3.63, 3.8) is 0 Å². The van der Waals surface area contributed by atoms with E-state index in [1.165, 1.54) is 7.11 Å². The Morgan fingerprint density at radius 1 is 1.05 bits per heavy atom. The van der Waals surface area contributed by atoms with Crippen molar-refractivity contribution in [3.8, 4) is 11.1 Å². The van der Waals surface area contributed by atoms with Gasteiger partial charge in [0.2, 0.25) is 6.04 Å². The van der Waals surface area contributed by atoms with E-state index in [2.05, 4.69) is 0 Å². The molecule has 2 aromatic carbocycles. The summed E-state index contributed by atoms with van der Waals surface area (Å²) in [6, 6.07) is 14.3. The zero-order valence-corrected chi connectivity index (χ0v) is 12.6. The number of nitro groups is 1. The van der Waals surface area contributed by atoms with Crippen molar-refractivity contribution in [2.75, 3.05) is 7.11 Å². The molecule has 2 unspecified atom stereocenters. The summed E-state index contributed by atoms with van der Waals surface area (Å²) in [5.41, 5.74) is 2.86. The van der Waals surface area contributed by atoms with Crippen molar-refractivity contribution in [3.05, 3.63) is 69.2 Å². The van der Waals surface area contributed by atoms with Gasteiger partial charge in [0.25, 0.3) is 0 Å². The van der Waals surface area contributed by atoms with Gasteiger partial charge in [-0.15, -0.1) is 0 Å². The Kier molecular flexibility index (Phi) is 4.94. The molecular weight excluding hydrogens is 290 g/mol. The summed E-state index contributed by atoms with van der Waals surface area (Å²) in [5, 5.41) is 11.6. The standard InChI is InChI=1S/C16H16ClNO3/c1-11(18(19)20)16(21-2)14-5-3-12(4-6-14)13-7-9-15(17)10-8-13/h3-11,16H,1-2H3. The number of methoxy groups -OCH3 is 1. The predicted octanol–water partition coefficient (Wildman–Crippen LogP) is 4.36. The number of hydrogen-bond donors (Lipinski definition) is 0. The van der Waals surface area contributed by atoms with Gasteiger partial charge < -0.3 is 4.74 Å². The van der Waals surface area contributed by atoms with E-state index in [0.29, 0.717) is 5.02 Å². The Bertz CT molecular complexity index is 610. The van der Waals surface area contributed by atoms with Crippen LogP contribution < -0.4 is 0 Å². The van der Waals surface area contributed by atoms with Crippen LogP contribution in [0.15, 0.2) is 48.5 Å². The minimum Gasteiger partial charge on any atom is -0.370 e. The lowest BCUT2D eigenvalue weighted by Crippen LogP contribution is -2.25. The van der Waals surface area contributed by atoms with Gasteiger partial charge in [-0.3, -0.25) is 10.1 Å². The lowest BCUT2D eigenvalue weighted by molar-refractivity contribution is -0.531. The van der Waals surface area contributed by atoms with Crippen LogP contribution in [0.4, 0.5) is 0 Å². The van der Waals surface area contributed by atoms with E-state index in [0.717, 1.165) is 16.7 Å². The third-order valence-electron chi connectivity index (χ3n) is 3.44. The highest BCUT2D eigenvalue weighted by atomic mass is 35.5. The maximum absolute atomic E-state index is 10.9. The van der Waals surface area contributed by atoms with Crippen LogP contribution >= 0.6 is 11.6 Å². The Hall–Kier alpha value is -1.91. The minimum atomic E-state index is -0.795. The quantitative estimate of drug-likeness (QED) is 0.609. The third kappa shape index (κ3) is 3.60. The lowest BCUT2D eigenvalue weighted by atomic mass is 9.99. The second kappa shape index (κ2) is 6.70. The van der Waals surface area contributed by atoms with E-state index < -0.39 is 12.1 Å². The molecule has 21 heavy (non-hydrogen) atoms. The first kappa shape index (κ1) is 15.5. The van der Waals surface area contributed by atoms with Crippen LogP contribution in [0, 0.1) is 10.1 Å². The molecule has 0 aliphatic rings. The van der Waals surface area contributed by atoms with Gasteiger partial charge in [0, 0.05) is 24.0 Å². The van der Waals surface area contributed by atoms with Crippen LogP contribution in [0.5, 0.6) is 0 Å². The number of rotatable bonds is 5. The fourth-order valence-corrected chi connectivity index (χ4v) is 2.36. The zero-order valence-electron chi connectivity index (χ0n) is 11.8. The van der Waals surface area contributed by atoms with E-state index in [1.807, 2.05) is 48.5 Å². The van der Waals surface area contributed by atoms with E-state index in [1.54, 1.807) is 6.92 Å². The lowest BCUT2D eigenvalue weighted by Gasteiger charge is -2.17. The van der Waals surface area contributed by atoms with Gasteiger partial charge in [-0.1, -0.05) is 48.0 Å². The van der Waals surface area contributed by atoms with Gasteiger partial charge in [0.1, 0.15) is 6.10 Å². The molecule has 2 atom stereocenters. The van der Waals surface area contributed by atoms with Crippen LogP contribution in [0.2, 0.25) is 5.02 Å². The molecule has 0 fully saturated rings. The predicted molar refractivity (Wildman–Crippen MR) is 83.1 cm³/mol. The largest absolute Gasteiger partial charge is 0.370 e. The van der Waals surface area contributed by atoms with Gasteiger partial charge in [-0.05, 0) is 28.8 Å². The van der Waals surface area contributed by atoms with Crippen molar-refractivity contribution in [2.45, 2.75) is 19.1 Å². The van der Waals surface area contributed by atoms with Gasteiger partial charge in [0.15, 0.2) is 0 Å². The van der Waals surface area contributed by atoms with Crippen LogP contribution in [0.3, 0.4) is 0 Å². The Balaban J connectivity index is 2.25. The second-order valence-corrected chi connectivity index (χ2v) is 5.25. The van der Waals surface area contributed by atoms with Gasteiger partial charge >= 0.3 is 0 Å². The Morgan fingerprint density at radius 2 is 1.52 bits per heavy atom. The molecule has 0 N–H and O–H groups in total. The summed E-state index contributed by atoms with van der Waals surface area (Å²) in [6.07, 6.45) is -0.556. The summed E-state index contributed by atoms with van der Waals surface area (Å²) in [4.78, 5) is 10.6. The monoisotopic (exact) mass is 305 g/mol. The van der Waals surface area contributed by atoms with Gasteiger partial charge in [-0.2, -0.15) is 0 Å².